The zero-order chi connectivity index (χ0) is 30.7. The minimum atomic E-state index is -1.13. The lowest BCUT2D eigenvalue weighted by Gasteiger charge is -2.60. The van der Waals surface area contributed by atoms with E-state index in [0.717, 1.165) is 56.9 Å². The summed E-state index contributed by atoms with van der Waals surface area (Å²) in [6.07, 6.45) is 14.7. The second-order valence-electron chi connectivity index (χ2n) is 17.6. The Kier molecular flexibility index (Phi) is 8.16. The second kappa shape index (κ2) is 11.2. The normalized spacial score (nSPS) is 47.7. The number of oxazole rings is 1. The Hall–Kier alpha value is -0.680. The Morgan fingerprint density at radius 3 is 2.60 bits per heavy atom. The number of rotatable bonds is 6. The summed E-state index contributed by atoms with van der Waals surface area (Å²) in [5.74, 6) is 2.80. The first-order valence-electron chi connectivity index (χ1n) is 17.8. The molecule has 3 heterocycles. The number of hydrogen-bond donors (Lipinski definition) is 2. The molecular formula is C36H58N2O6S. The molecule has 0 amide bonds. The molecule has 9 unspecified atom stereocenters. The highest BCUT2D eigenvalue weighted by Gasteiger charge is 2.80. The number of morpholine rings is 1. The molecule has 0 radical (unpaired) electrons. The molecule has 12 atom stereocenters. The topological polar surface area (TPSA) is 97.4 Å². The van der Waals surface area contributed by atoms with E-state index in [4.69, 9.17) is 18.6 Å². The van der Waals surface area contributed by atoms with Crippen LogP contribution in [0.5, 0.6) is 0 Å². The standard InChI is InChI=1S/C36H56N2O6.H2S/c1-32(2)28-9-7-23-25-16-27-24(6-8-26(43-27)31(39)33(3,4)40)34(25,5)12-13-35(23)20-36(28,35)11-10-29(32)44-30-18-38(14-15-42-30)17-22-19-41-21-37-22;/h19,21,23-31,39-40H,6-18,20H2,1-5H3;1H2/t23?,24?,25?,26?,27?,28?,29-,30?,31-,34?,35?,36+;/m0./s1. The van der Waals surface area contributed by atoms with Crippen molar-refractivity contribution in [3.05, 3.63) is 18.4 Å². The van der Waals surface area contributed by atoms with Gasteiger partial charge in [-0.1, -0.05) is 20.8 Å². The largest absolute Gasteiger partial charge is 0.451 e. The lowest BCUT2D eigenvalue weighted by molar-refractivity contribution is -0.246. The Bertz CT molecular complexity index is 1220. The van der Waals surface area contributed by atoms with Crippen LogP contribution in [0, 0.1) is 45.3 Å². The third kappa shape index (κ3) is 4.94. The van der Waals surface area contributed by atoms with E-state index in [9.17, 15) is 10.2 Å². The van der Waals surface area contributed by atoms with Gasteiger partial charge in [0.1, 0.15) is 12.4 Å². The van der Waals surface area contributed by atoms with Crippen LogP contribution in [0.2, 0.25) is 0 Å². The van der Waals surface area contributed by atoms with E-state index in [2.05, 4.69) is 30.7 Å². The van der Waals surface area contributed by atoms with Crippen LogP contribution in [0.3, 0.4) is 0 Å². The van der Waals surface area contributed by atoms with Gasteiger partial charge in [-0.25, -0.2) is 4.98 Å². The Labute approximate surface area is 276 Å². The van der Waals surface area contributed by atoms with Crippen LogP contribution in [-0.2, 0) is 20.8 Å². The van der Waals surface area contributed by atoms with Gasteiger partial charge < -0.3 is 28.8 Å². The number of ether oxygens (including phenoxy) is 3. The summed E-state index contributed by atoms with van der Waals surface area (Å²) in [5, 5.41) is 21.4. The number of aromatic nitrogens is 1. The summed E-state index contributed by atoms with van der Waals surface area (Å²) in [6, 6.07) is 0. The van der Waals surface area contributed by atoms with Crippen LogP contribution >= 0.6 is 13.5 Å². The third-order valence-electron chi connectivity index (χ3n) is 14.9. The van der Waals surface area contributed by atoms with Gasteiger partial charge in [-0.3, -0.25) is 4.90 Å². The van der Waals surface area contributed by atoms with Crippen molar-refractivity contribution >= 4 is 13.5 Å². The van der Waals surface area contributed by atoms with Crippen LogP contribution in [-0.4, -0.2) is 76.1 Å². The number of nitrogens with zero attached hydrogens (tertiary/aromatic N) is 2. The van der Waals surface area contributed by atoms with Crippen molar-refractivity contribution in [2.24, 2.45) is 45.3 Å². The maximum atomic E-state index is 10.9. The van der Waals surface area contributed by atoms with Crippen molar-refractivity contribution in [1.82, 2.24) is 9.88 Å². The summed E-state index contributed by atoms with van der Waals surface area (Å²) >= 11 is 0. The van der Waals surface area contributed by atoms with E-state index in [1.807, 2.05) is 0 Å². The van der Waals surface area contributed by atoms with E-state index in [-0.39, 0.29) is 43.5 Å². The fourth-order valence-electron chi connectivity index (χ4n) is 12.8. The molecular weight excluding hydrogens is 588 g/mol. The first-order chi connectivity index (χ1) is 20.9. The van der Waals surface area contributed by atoms with Crippen LogP contribution in [0.1, 0.15) is 105 Å². The lowest BCUT2D eigenvalue weighted by Crippen LogP contribution is -2.56. The number of aliphatic hydroxyl groups excluding tert-OH is 1. The Morgan fingerprint density at radius 2 is 1.84 bits per heavy atom. The second-order valence-corrected chi connectivity index (χ2v) is 17.6. The third-order valence-corrected chi connectivity index (χ3v) is 14.9. The van der Waals surface area contributed by atoms with Crippen LogP contribution in [0.15, 0.2) is 17.1 Å². The van der Waals surface area contributed by atoms with Crippen molar-refractivity contribution in [2.45, 2.75) is 142 Å². The van der Waals surface area contributed by atoms with Gasteiger partial charge in [0.2, 0.25) is 0 Å². The van der Waals surface area contributed by atoms with E-state index >= 15 is 0 Å². The summed E-state index contributed by atoms with van der Waals surface area (Å²) < 4.78 is 24.9. The molecule has 7 aliphatic rings. The average molecular weight is 647 g/mol. The predicted molar refractivity (Wildman–Crippen MR) is 175 cm³/mol. The average Bonchev–Trinajstić information content (AvgIpc) is 3.20. The minimum absolute atomic E-state index is 0. The molecule has 254 valence electrons. The Balaban J connectivity index is 0.00000325. The fourth-order valence-corrected chi connectivity index (χ4v) is 12.8. The lowest BCUT2D eigenvalue weighted by atomic mass is 9.46. The number of fused-ring (bicyclic) bond motifs is 4. The molecule has 2 aliphatic heterocycles. The smallest absolute Gasteiger partial charge is 0.180 e. The zero-order valence-corrected chi connectivity index (χ0v) is 29.2. The first-order valence-corrected chi connectivity index (χ1v) is 17.8. The highest BCUT2D eigenvalue weighted by atomic mass is 32.1. The Morgan fingerprint density at radius 1 is 1.04 bits per heavy atom. The number of hydrogen-bond acceptors (Lipinski definition) is 8. The molecule has 7 fully saturated rings. The molecule has 1 aromatic rings. The van der Waals surface area contributed by atoms with Gasteiger partial charge in [-0.05, 0) is 123 Å². The van der Waals surface area contributed by atoms with Gasteiger partial charge in [0.25, 0.3) is 0 Å². The molecule has 2 saturated heterocycles. The molecule has 2 spiro atoms. The SMILES string of the molecule is CC12CCC34C[C@@]35CC[C@H](OC3CN(Cc6cocn6)CCO3)C(C)(C)C5CCC4C1CC1OC([C@H](O)C(C)(C)O)CCC12.S. The molecule has 1 aromatic heterocycles. The van der Waals surface area contributed by atoms with Crippen molar-refractivity contribution in [2.75, 3.05) is 19.7 Å². The van der Waals surface area contributed by atoms with Crippen molar-refractivity contribution in [1.29, 1.82) is 0 Å². The monoisotopic (exact) mass is 646 g/mol. The van der Waals surface area contributed by atoms with Gasteiger partial charge in [-0.15, -0.1) is 0 Å². The van der Waals surface area contributed by atoms with Crippen LogP contribution in [0.4, 0.5) is 0 Å². The highest BCUT2D eigenvalue weighted by Crippen LogP contribution is 2.87. The molecule has 5 saturated carbocycles. The van der Waals surface area contributed by atoms with Gasteiger partial charge >= 0.3 is 0 Å². The minimum Gasteiger partial charge on any atom is -0.451 e. The van der Waals surface area contributed by atoms with Crippen LogP contribution in [0.25, 0.3) is 0 Å². The summed E-state index contributed by atoms with van der Waals surface area (Å²) in [5.41, 5.74) is 1.26. The zero-order valence-electron chi connectivity index (χ0n) is 28.2. The van der Waals surface area contributed by atoms with Gasteiger partial charge in [0.05, 0.1) is 42.8 Å². The van der Waals surface area contributed by atoms with E-state index in [0.29, 0.717) is 40.6 Å². The highest BCUT2D eigenvalue weighted by molar-refractivity contribution is 7.59. The quantitative estimate of drug-likeness (QED) is 0.408. The summed E-state index contributed by atoms with van der Waals surface area (Å²) in [6.45, 7) is 14.1. The van der Waals surface area contributed by atoms with E-state index in [1.165, 1.54) is 44.9 Å². The maximum Gasteiger partial charge on any atom is 0.180 e. The molecule has 0 aromatic carbocycles. The van der Waals surface area contributed by atoms with Gasteiger partial charge in [0, 0.05) is 13.1 Å². The molecule has 2 N–H and O–H groups in total. The summed E-state index contributed by atoms with van der Waals surface area (Å²) in [4.78, 5) is 6.69. The molecule has 8 rings (SSSR count). The van der Waals surface area contributed by atoms with Crippen molar-refractivity contribution < 1.29 is 28.8 Å². The molecule has 8 nitrogen and oxygen atoms in total. The van der Waals surface area contributed by atoms with Gasteiger partial charge in [-0.2, -0.15) is 13.5 Å². The van der Waals surface area contributed by atoms with E-state index in [1.54, 1.807) is 20.1 Å². The predicted octanol–water partition coefficient (Wildman–Crippen LogP) is 5.67. The summed E-state index contributed by atoms with van der Waals surface area (Å²) in [7, 11) is 0. The van der Waals surface area contributed by atoms with E-state index < -0.39 is 11.7 Å². The van der Waals surface area contributed by atoms with Crippen molar-refractivity contribution in [3.63, 3.8) is 0 Å². The number of aliphatic hydroxyl groups is 2. The fraction of sp³-hybridized carbons (Fsp3) is 0.917. The van der Waals surface area contributed by atoms with Gasteiger partial charge in [0.15, 0.2) is 12.7 Å². The van der Waals surface area contributed by atoms with Crippen LogP contribution < -0.4 is 0 Å². The molecule has 5 aliphatic carbocycles. The maximum absolute atomic E-state index is 10.9. The molecule has 45 heavy (non-hydrogen) atoms. The first kappa shape index (κ1) is 32.8. The van der Waals surface area contributed by atoms with Crippen molar-refractivity contribution in [3.8, 4) is 0 Å². The molecule has 9 heteroatoms. The molecule has 0 bridgehead atoms.